The number of carbonyl (C=O) groups is 3. The van der Waals surface area contributed by atoms with Gasteiger partial charge in [-0.15, -0.1) is 0 Å². The Hall–Kier alpha value is -5.09. The second kappa shape index (κ2) is 20.4. The molecule has 0 radical (unpaired) electrons. The van der Waals surface area contributed by atoms with Gasteiger partial charge < -0.3 is 25.0 Å². The van der Waals surface area contributed by atoms with Crippen LogP contribution in [0.15, 0.2) is 69.6 Å². The number of carbonyl (C=O) groups excluding carboxylic acids is 1. The van der Waals surface area contributed by atoms with Crippen LogP contribution in [0.3, 0.4) is 0 Å². The van der Waals surface area contributed by atoms with E-state index >= 15 is 0 Å². The molecule has 300 valence electrons. The summed E-state index contributed by atoms with van der Waals surface area (Å²) in [6, 6.07) is 18.7. The molecule has 0 aliphatic carbocycles. The summed E-state index contributed by atoms with van der Waals surface area (Å²) < 4.78 is 62.8. The van der Waals surface area contributed by atoms with Crippen LogP contribution in [0.2, 0.25) is 10.0 Å². The summed E-state index contributed by atoms with van der Waals surface area (Å²) in [5, 5.41) is 38.0. The highest BCUT2D eigenvalue weighted by atomic mass is 79.9. The fourth-order valence-electron chi connectivity index (χ4n) is 4.65. The van der Waals surface area contributed by atoms with E-state index in [-0.39, 0.29) is 63.5 Å². The van der Waals surface area contributed by atoms with Crippen molar-refractivity contribution in [2.75, 3.05) is 28.5 Å². The normalized spacial score (nSPS) is 10.8. The molecule has 5 N–H and O–H groups in total. The van der Waals surface area contributed by atoms with Gasteiger partial charge in [0.25, 0.3) is 5.91 Å². The predicted octanol–water partition coefficient (Wildman–Crippen LogP) is 6.29. The molecule has 0 atom stereocenters. The molecule has 0 aromatic heterocycles. The van der Waals surface area contributed by atoms with Crippen LogP contribution >= 0.6 is 55.1 Å². The van der Waals surface area contributed by atoms with E-state index in [2.05, 4.69) is 46.6 Å². The minimum absolute atomic E-state index is 0.00824. The van der Waals surface area contributed by atoms with Gasteiger partial charge >= 0.3 is 11.9 Å². The third kappa shape index (κ3) is 15.8. The molecular weight excluding hydrogens is 961 g/mol. The molecule has 4 rings (SSSR count). The number of benzene rings is 4. The van der Waals surface area contributed by atoms with Crippen molar-refractivity contribution in [2.24, 2.45) is 0 Å². The van der Waals surface area contributed by atoms with Crippen molar-refractivity contribution in [3.05, 3.63) is 113 Å². The lowest BCUT2D eigenvalue weighted by Crippen LogP contribution is -2.29. The molecule has 0 heterocycles. The molecule has 16 nitrogen and oxygen atoms in total. The molecule has 0 bridgehead atoms. The fraction of sp³-hybridized carbons (Fsp3) is 0.171. The van der Waals surface area contributed by atoms with E-state index in [1.165, 1.54) is 36.4 Å². The molecule has 4 aromatic carbocycles. The van der Waals surface area contributed by atoms with Gasteiger partial charge in [-0.3, -0.25) is 23.8 Å². The highest BCUT2D eigenvalue weighted by Crippen LogP contribution is 2.36. The van der Waals surface area contributed by atoms with E-state index in [1.54, 1.807) is 24.3 Å². The van der Waals surface area contributed by atoms with Gasteiger partial charge in [-0.05, 0) is 109 Å². The highest BCUT2D eigenvalue weighted by Gasteiger charge is 2.16. The number of nitrogens with one attached hydrogen (secondary N) is 3. The van der Waals surface area contributed by atoms with Crippen molar-refractivity contribution in [2.45, 2.75) is 19.6 Å². The summed E-state index contributed by atoms with van der Waals surface area (Å²) in [4.78, 5) is 33.3. The molecule has 57 heavy (non-hydrogen) atoms. The van der Waals surface area contributed by atoms with Crippen molar-refractivity contribution in [1.29, 1.82) is 10.5 Å². The molecule has 0 saturated carbocycles. The average molecular weight is 990 g/mol. The first-order valence-electron chi connectivity index (χ1n) is 15.5. The molecule has 1 amide bonds. The maximum atomic E-state index is 11.9. The number of carboxylic acid groups (broad SMARTS) is 2. The topological polar surface area (TPSA) is 262 Å². The Bertz CT molecular complexity index is 2480. The van der Waals surface area contributed by atoms with Crippen LogP contribution in [-0.2, 0) is 49.3 Å². The van der Waals surface area contributed by atoms with Gasteiger partial charge in [-0.2, -0.15) is 10.5 Å². The molecule has 0 saturated heterocycles. The summed E-state index contributed by atoms with van der Waals surface area (Å²) >= 11 is 19.0. The lowest BCUT2D eigenvalue weighted by atomic mass is 10.1. The molecule has 0 spiro atoms. The summed E-state index contributed by atoms with van der Waals surface area (Å²) in [5.74, 6) is -2.30. The van der Waals surface area contributed by atoms with Gasteiger partial charge in [0.2, 0.25) is 20.0 Å². The third-order valence-electron chi connectivity index (χ3n) is 6.69. The quantitative estimate of drug-likeness (QED) is 0.0878. The van der Waals surface area contributed by atoms with E-state index < -0.39 is 44.4 Å². The van der Waals surface area contributed by atoms with Crippen LogP contribution in [0.25, 0.3) is 0 Å². The second-order valence-corrected chi connectivity index (χ2v) is 17.7. The van der Waals surface area contributed by atoms with Gasteiger partial charge in [0.1, 0.15) is 25.5 Å². The van der Waals surface area contributed by atoms with Crippen molar-refractivity contribution in [1.82, 2.24) is 5.32 Å². The first-order valence-corrected chi connectivity index (χ1v) is 21.7. The molecular formula is C35H29Br2Cl2N5O11S2. The Labute approximate surface area is 353 Å². The van der Waals surface area contributed by atoms with Gasteiger partial charge in [0.15, 0.2) is 5.75 Å². The van der Waals surface area contributed by atoms with Gasteiger partial charge in [-0.1, -0.05) is 23.2 Å². The Morgan fingerprint density at radius 3 is 1.51 bits per heavy atom. The number of halogens is 4. The zero-order valence-corrected chi connectivity index (χ0v) is 35.7. The molecule has 0 fully saturated rings. The zero-order valence-electron chi connectivity index (χ0n) is 29.4. The number of ether oxygens (including phenoxy) is 2. The second-order valence-electron chi connectivity index (χ2n) is 11.7. The molecule has 0 unspecified atom stereocenters. The fourth-order valence-corrected chi connectivity index (χ4v) is 7.85. The highest BCUT2D eigenvalue weighted by molar-refractivity contribution is 9.11. The molecule has 0 aliphatic heterocycles. The summed E-state index contributed by atoms with van der Waals surface area (Å²) in [6.07, 6.45) is 1.88. The lowest BCUT2D eigenvalue weighted by molar-refractivity contribution is -0.137. The van der Waals surface area contributed by atoms with Crippen LogP contribution in [0.1, 0.15) is 38.2 Å². The summed E-state index contributed by atoms with van der Waals surface area (Å²) in [7, 11) is -7.02. The summed E-state index contributed by atoms with van der Waals surface area (Å²) in [6.45, 7) is -0.590. The van der Waals surface area contributed by atoms with Crippen LogP contribution in [0.5, 0.6) is 11.5 Å². The van der Waals surface area contributed by atoms with Crippen molar-refractivity contribution < 1.29 is 50.9 Å². The monoisotopic (exact) mass is 987 g/mol. The summed E-state index contributed by atoms with van der Waals surface area (Å²) in [5.41, 5.74) is 2.67. The largest absolute Gasteiger partial charge is 0.487 e. The van der Waals surface area contributed by atoms with E-state index in [0.717, 1.165) is 12.5 Å². The molecule has 4 aromatic rings. The van der Waals surface area contributed by atoms with Crippen LogP contribution in [0.4, 0.5) is 11.4 Å². The Kier molecular flexibility index (Phi) is 16.5. The first-order chi connectivity index (χ1) is 26.5. The number of aliphatic carboxylic acids is 2. The number of anilines is 2. The number of nitrogens with zero attached hydrogens (tertiary/aromatic N) is 2. The van der Waals surface area contributed by atoms with Crippen molar-refractivity contribution in [3.8, 4) is 23.6 Å². The average Bonchev–Trinajstić information content (AvgIpc) is 3.08. The predicted molar refractivity (Wildman–Crippen MR) is 218 cm³/mol. The number of amides is 1. The van der Waals surface area contributed by atoms with Crippen LogP contribution in [-0.4, -0.2) is 64.0 Å². The first kappa shape index (κ1) is 46.3. The number of hydrogen-bond donors (Lipinski definition) is 5. The van der Waals surface area contributed by atoms with Crippen molar-refractivity contribution >= 4 is 104 Å². The zero-order chi connectivity index (χ0) is 42.7. The van der Waals surface area contributed by atoms with Gasteiger partial charge in [0.05, 0.1) is 72.6 Å². The standard InChI is InChI=1S/C18H15Cl2N3O6S.C17H14Br2N2O5S/c1-30(27,28)23-13-3-10(7-21)2-11(4-13)9-29-17-14(19)5-12(6-15(17)20)18(26)22-8-16(24)25;1-27(24,25)21-13-3-11(8-20)2-12(4-13)9-26-17-14(18)5-10(6-15(17)19)7-16(22)23/h2-6,23H,8-9H2,1H3,(H,22,26)(H,24,25);2-6,21H,7,9H2,1H3,(H,22,23). The molecule has 0 aliphatic rings. The van der Waals surface area contributed by atoms with Gasteiger partial charge in [-0.25, -0.2) is 16.8 Å². The van der Waals surface area contributed by atoms with E-state index in [4.69, 9.17) is 53.4 Å². The Balaban J connectivity index is 0.000000307. The van der Waals surface area contributed by atoms with Crippen molar-refractivity contribution in [3.63, 3.8) is 0 Å². The number of rotatable bonds is 15. The van der Waals surface area contributed by atoms with Crippen LogP contribution in [0, 0.1) is 22.7 Å². The SMILES string of the molecule is CS(=O)(=O)Nc1cc(C#N)cc(COc2c(Br)cc(CC(=O)O)cc2Br)c1.CS(=O)(=O)Nc1cc(C#N)cc(COc2c(Cl)cc(C(=O)NCC(=O)O)cc2Cl)c1. The number of hydrogen-bond acceptors (Lipinski definition) is 11. The van der Waals surface area contributed by atoms with E-state index in [9.17, 15) is 31.2 Å². The molecule has 22 heteroatoms. The Morgan fingerprint density at radius 2 is 1.12 bits per heavy atom. The maximum absolute atomic E-state index is 11.9. The van der Waals surface area contributed by atoms with Gasteiger partial charge in [0, 0.05) is 5.56 Å². The third-order valence-corrected chi connectivity index (χ3v) is 9.64. The smallest absolute Gasteiger partial charge is 0.322 e. The Morgan fingerprint density at radius 1 is 0.684 bits per heavy atom. The minimum Gasteiger partial charge on any atom is -0.487 e. The number of sulfonamides is 2. The number of carboxylic acids is 2. The van der Waals surface area contributed by atoms with Crippen LogP contribution < -0.4 is 24.2 Å². The van der Waals surface area contributed by atoms with E-state index in [0.29, 0.717) is 31.4 Å². The van der Waals surface area contributed by atoms with E-state index in [1.807, 2.05) is 12.1 Å². The number of nitriles is 2. The minimum atomic E-state index is -3.54. The lowest BCUT2D eigenvalue weighted by Gasteiger charge is -2.13. The maximum Gasteiger partial charge on any atom is 0.322 e.